The maximum Gasteiger partial charge on any atom is 0.341 e. The number of aromatic nitrogens is 2. The highest BCUT2D eigenvalue weighted by Gasteiger charge is 2.24. The van der Waals surface area contributed by atoms with Crippen LogP contribution in [0, 0.1) is 5.82 Å². The molecule has 7 heteroatoms. The highest BCUT2D eigenvalue weighted by atomic mass is 19.1. The number of carbonyl (C=O) groups excluding carboxylic acids is 2. The highest BCUT2D eigenvalue weighted by Crippen LogP contribution is 2.18. The Labute approximate surface area is 149 Å². The molecule has 0 aliphatic rings. The van der Waals surface area contributed by atoms with Gasteiger partial charge in [-0.1, -0.05) is 25.1 Å². The van der Waals surface area contributed by atoms with Gasteiger partial charge in [-0.15, -0.1) is 0 Å². The van der Waals surface area contributed by atoms with Crippen LogP contribution in [0.3, 0.4) is 0 Å². The smallest absolute Gasteiger partial charge is 0.341 e. The molecular formula is C19H16FN3O3. The average Bonchev–Trinajstić information content (AvgIpc) is 2.67. The maximum atomic E-state index is 13.7. The highest BCUT2D eigenvalue weighted by molar-refractivity contribution is 6.03. The molecule has 26 heavy (non-hydrogen) atoms. The lowest BCUT2D eigenvalue weighted by Gasteiger charge is -2.16. The van der Waals surface area contributed by atoms with E-state index < -0.39 is 23.8 Å². The molecule has 6 nitrogen and oxygen atoms in total. The second-order valence-corrected chi connectivity index (χ2v) is 5.50. The summed E-state index contributed by atoms with van der Waals surface area (Å²) in [5.74, 6) is -1.85. The van der Waals surface area contributed by atoms with E-state index in [1.165, 1.54) is 30.6 Å². The largest absolute Gasteiger partial charge is 0.449 e. The summed E-state index contributed by atoms with van der Waals surface area (Å²) in [6.45, 7) is 1.70. The van der Waals surface area contributed by atoms with E-state index in [0.29, 0.717) is 11.0 Å². The van der Waals surface area contributed by atoms with Crippen molar-refractivity contribution in [3.8, 4) is 0 Å². The van der Waals surface area contributed by atoms with Gasteiger partial charge in [-0.25, -0.2) is 9.18 Å². The molecule has 0 saturated carbocycles. The van der Waals surface area contributed by atoms with Crippen LogP contribution in [0.4, 0.5) is 10.1 Å². The van der Waals surface area contributed by atoms with E-state index in [-0.39, 0.29) is 17.7 Å². The van der Waals surface area contributed by atoms with Gasteiger partial charge in [-0.3, -0.25) is 14.8 Å². The average molecular weight is 353 g/mol. The lowest BCUT2D eigenvalue weighted by molar-refractivity contribution is -0.124. The van der Waals surface area contributed by atoms with Crippen LogP contribution in [0.25, 0.3) is 11.0 Å². The number of halogens is 1. The summed E-state index contributed by atoms with van der Waals surface area (Å²) >= 11 is 0. The zero-order valence-electron chi connectivity index (χ0n) is 14.0. The molecule has 132 valence electrons. The van der Waals surface area contributed by atoms with Crippen LogP contribution in [-0.4, -0.2) is 27.9 Å². The van der Waals surface area contributed by atoms with Crippen LogP contribution in [-0.2, 0) is 9.53 Å². The fourth-order valence-corrected chi connectivity index (χ4v) is 2.45. The number of anilines is 1. The van der Waals surface area contributed by atoms with E-state index in [0.717, 1.165) is 0 Å². The summed E-state index contributed by atoms with van der Waals surface area (Å²) in [5.41, 5.74) is 1.19. The van der Waals surface area contributed by atoms with Gasteiger partial charge < -0.3 is 10.1 Å². The van der Waals surface area contributed by atoms with Gasteiger partial charge in [0.25, 0.3) is 5.91 Å². The number of fused-ring (bicyclic) bond motifs is 1. The van der Waals surface area contributed by atoms with Crippen LogP contribution < -0.4 is 5.32 Å². The van der Waals surface area contributed by atoms with E-state index in [2.05, 4.69) is 15.3 Å². The number of esters is 1. The summed E-state index contributed by atoms with van der Waals surface area (Å²) in [5, 5.41) is 2.44. The number of ether oxygens (including phenoxy) is 1. The zero-order chi connectivity index (χ0) is 18.5. The number of para-hydroxylation sites is 2. The van der Waals surface area contributed by atoms with Gasteiger partial charge in [0.1, 0.15) is 11.3 Å². The van der Waals surface area contributed by atoms with Gasteiger partial charge in [0.05, 0.1) is 16.8 Å². The first-order valence-electron chi connectivity index (χ1n) is 8.06. The summed E-state index contributed by atoms with van der Waals surface area (Å²) in [7, 11) is 0. The minimum absolute atomic E-state index is 0.0306. The molecule has 0 radical (unpaired) electrons. The van der Waals surface area contributed by atoms with Crippen molar-refractivity contribution in [2.75, 3.05) is 5.32 Å². The second kappa shape index (κ2) is 7.69. The van der Waals surface area contributed by atoms with Gasteiger partial charge >= 0.3 is 5.97 Å². The standard InChI is InChI=1S/C19H16FN3O3/c1-2-16(18(24)23-14-8-4-3-7-13(14)20)26-19(25)12-6-5-9-15-17(12)22-11-10-21-15/h3-11,16H,2H2,1H3,(H,23,24). The fraction of sp³-hybridized carbons (Fsp3) is 0.158. The summed E-state index contributed by atoms with van der Waals surface area (Å²) in [6.07, 6.45) is 2.17. The predicted molar refractivity (Wildman–Crippen MR) is 94.1 cm³/mol. The van der Waals surface area contributed by atoms with Crippen molar-refractivity contribution in [2.45, 2.75) is 19.4 Å². The molecule has 1 atom stereocenters. The van der Waals surface area contributed by atoms with Crippen LogP contribution in [0.1, 0.15) is 23.7 Å². The van der Waals surface area contributed by atoms with Crippen molar-refractivity contribution in [3.63, 3.8) is 0 Å². The number of hydrogen-bond donors (Lipinski definition) is 1. The lowest BCUT2D eigenvalue weighted by atomic mass is 10.1. The number of carbonyl (C=O) groups is 2. The molecular weight excluding hydrogens is 337 g/mol. The van der Waals surface area contributed by atoms with Crippen molar-refractivity contribution in [1.29, 1.82) is 0 Å². The molecule has 1 unspecified atom stereocenters. The number of nitrogens with zero attached hydrogens (tertiary/aromatic N) is 2. The minimum Gasteiger partial charge on any atom is -0.449 e. The molecule has 3 rings (SSSR count). The van der Waals surface area contributed by atoms with E-state index in [1.54, 1.807) is 31.2 Å². The first-order chi connectivity index (χ1) is 12.6. The quantitative estimate of drug-likeness (QED) is 0.712. The van der Waals surface area contributed by atoms with Gasteiger partial charge in [0, 0.05) is 12.4 Å². The first kappa shape index (κ1) is 17.5. The number of benzene rings is 2. The molecule has 0 aliphatic heterocycles. The van der Waals surface area contributed by atoms with Gasteiger partial charge in [0.15, 0.2) is 6.10 Å². The van der Waals surface area contributed by atoms with Crippen LogP contribution >= 0.6 is 0 Å². The van der Waals surface area contributed by atoms with Gasteiger partial charge in [-0.2, -0.15) is 0 Å². The van der Waals surface area contributed by atoms with Crippen molar-refractivity contribution in [1.82, 2.24) is 9.97 Å². The Morgan fingerprint density at radius 3 is 2.65 bits per heavy atom. The van der Waals surface area contributed by atoms with E-state index in [1.807, 2.05) is 0 Å². The van der Waals surface area contributed by atoms with Crippen molar-refractivity contribution in [2.24, 2.45) is 0 Å². The maximum absolute atomic E-state index is 13.7. The Morgan fingerprint density at radius 1 is 1.12 bits per heavy atom. The summed E-state index contributed by atoms with van der Waals surface area (Å²) < 4.78 is 19.0. The summed E-state index contributed by atoms with van der Waals surface area (Å²) in [6, 6.07) is 10.7. The number of rotatable bonds is 5. The van der Waals surface area contributed by atoms with Crippen LogP contribution in [0.2, 0.25) is 0 Å². The van der Waals surface area contributed by atoms with Gasteiger partial charge in [-0.05, 0) is 30.7 Å². The normalized spacial score (nSPS) is 11.8. The third-order valence-corrected chi connectivity index (χ3v) is 3.76. The van der Waals surface area contributed by atoms with Crippen molar-refractivity contribution in [3.05, 3.63) is 66.2 Å². The van der Waals surface area contributed by atoms with E-state index in [9.17, 15) is 14.0 Å². The minimum atomic E-state index is -1.06. The Bertz CT molecular complexity index is 956. The molecule has 2 aromatic carbocycles. The third-order valence-electron chi connectivity index (χ3n) is 3.76. The molecule has 0 fully saturated rings. The van der Waals surface area contributed by atoms with Crippen LogP contribution in [0.15, 0.2) is 54.9 Å². The predicted octanol–water partition coefficient (Wildman–Crippen LogP) is 3.34. The number of nitrogens with one attached hydrogen (secondary N) is 1. The Morgan fingerprint density at radius 2 is 1.88 bits per heavy atom. The molecule has 1 N–H and O–H groups in total. The fourth-order valence-electron chi connectivity index (χ4n) is 2.45. The molecule has 1 heterocycles. The molecule has 0 bridgehead atoms. The van der Waals surface area contributed by atoms with E-state index >= 15 is 0 Å². The molecule has 1 aromatic heterocycles. The SMILES string of the molecule is CCC(OC(=O)c1cccc2nccnc12)C(=O)Nc1ccccc1F. The summed E-state index contributed by atoms with van der Waals surface area (Å²) in [4.78, 5) is 33.1. The molecule has 1 amide bonds. The van der Waals surface area contributed by atoms with Crippen LogP contribution in [0.5, 0.6) is 0 Å². The number of hydrogen-bond acceptors (Lipinski definition) is 5. The Balaban J connectivity index is 1.78. The number of amides is 1. The van der Waals surface area contributed by atoms with E-state index in [4.69, 9.17) is 4.74 Å². The van der Waals surface area contributed by atoms with Gasteiger partial charge in [0.2, 0.25) is 0 Å². The Hall–Kier alpha value is -3.35. The Kier molecular flexibility index (Phi) is 5.17. The first-order valence-corrected chi connectivity index (χ1v) is 8.06. The zero-order valence-corrected chi connectivity index (χ0v) is 14.0. The van der Waals surface area contributed by atoms with Crippen molar-refractivity contribution >= 4 is 28.6 Å². The lowest BCUT2D eigenvalue weighted by Crippen LogP contribution is -2.32. The topological polar surface area (TPSA) is 81.2 Å². The molecule has 0 aliphatic carbocycles. The molecule has 0 spiro atoms. The second-order valence-electron chi connectivity index (χ2n) is 5.50. The molecule has 3 aromatic rings. The monoisotopic (exact) mass is 353 g/mol. The molecule has 0 saturated heterocycles. The van der Waals surface area contributed by atoms with Crippen molar-refractivity contribution < 1.29 is 18.7 Å². The third kappa shape index (κ3) is 3.66.